The van der Waals surface area contributed by atoms with Crippen LogP contribution in [0.4, 0.5) is 11.4 Å². The number of ether oxygens (including phenoxy) is 1. The fourth-order valence-electron chi connectivity index (χ4n) is 4.21. The van der Waals surface area contributed by atoms with E-state index >= 15 is 0 Å². The van der Waals surface area contributed by atoms with Crippen molar-refractivity contribution >= 4 is 28.8 Å². The van der Waals surface area contributed by atoms with Crippen molar-refractivity contribution < 1.29 is 14.3 Å². The standard InChI is InChI=1S/C25H29N3O3/c1-4-26(5-2)20-10-12-21(13-11-20)28-24(29)22(19-8-6-18(3)7-9-19)23(25(28)30)27-14-16-31-17-15-27/h6-13H,4-5,14-17H2,1-3H3. The van der Waals surface area contributed by atoms with Gasteiger partial charge < -0.3 is 14.5 Å². The quantitative estimate of drug-likeness (QED) is 0.672. The number of aryl methyl sites for hydroxylation is 1. The van der Waals surface area contributed by atoms with E-state index in [0.29, 0.717) is 43.3 Å². The Kier molecular flexibility index (Phi) is 6.09. The first-order chi connectivity index (χ1) is 15.0. The molecular weight excluding hydrogens is 390 g/mol. The summed E-state index contributed by atoms with van der Waals surface area (Å²) in [5.74, 6) is -0.538. The summed E-state index contributed by atoms with van der Waals surface area (Å²) in [5.41, 5.74) is 4.50. The first-order valence-corrected chi connectivity index (χ1v) is 10.9. The van der Waals surface area contributed by atoms with Gasteiger partial charge in [-0.15, -0.1) is 0 Å². The minimum atomic E-state index is -0.272. The molecule has 0 aromatic heterocycles. The molecule has 0 radical (unpaired) electrons. The molecule has 0 atom stereocenters. The summed E-state index contributed by atoms with van der Waals surface area (Å²) >= 11 is 0. The van der Waals surface area contributed by atoms with Gasteiger partial charge in [0.05, 0.1) is 24.5 Å². The van der Waals surface area contributed by atoms with Crippen molar-refractivity contribution in [1.29, 1.82) is 0 Å². The molecule has 0 bridgehead atoms. The largest absolute Gasteiger partial charge is 0.378 e. The van der Waals surface area contributed by atoms with E-state index in [1.165, 1.54) is 4.90 Å². The van der Waals surface area contributed by atoms with Crippen molar-refractivity contribution in [2.24, 2.45) is 0 Å². The Balaban J connectivity index is 1.73. The fraction of sp³-hybridized carbons (Fsp3) is 0.360. The van der Waals surface area contributed by atoms with Crippen LogP contribution in [0.2, 0.25) is 0 Å². The highest BCUT2D eigenvalue weighted by Gasteiger charge is 2.42. The molecule has 1 saturated heterocycles. The second-order valence-corrected chi connectivity index (χ2v) is 7.82. The second kappa shape index (κ2) is 8.94. The number of rotatable bonds is 6. The highest BCUT2D eigenvalue weighted by atomic mass is 16.5. The Labute approximate surface area is 183 Å². The van der Waals surface area contributed by atoms with E-state index in [1.54, 1.807) is 0 Å². The summed E-state index contributed by atoms with van der Waals surface area (Å²) in [7, 11) is 0. The van der Waals surface area contributed by atoms with E-state index in [-0.39, 0.29) is 11.8 Å². The van der Waals surface area contributed by atoms with Gasteiger partial charge in [0.2, 0.25) is 0 Å². The molecule has 1 fully saturated rings. The van der Waals surface area contributed by atoms with Crippen LogP contribution in [-0.4, -0.2) is 56.1 Å². The molecule has 2 aromatic rings. The molecule has 0 saturated carbocycles. The number of hydrogen-bond donors (Lipinski definition) is 0. The second-order valence-electron chi connectivity index (χ2n) is 7.82. The number of benzene rings is 2. The number of carbonyl (C=O) groups excluding carboxylic acids is 2. The van der Waals surface area contributed by atoms with E-state index in [9.17, 15) is 9.59 Å². The van der Waals surface area contributed by atoms with Crippen LogP contribution in [-0.2, 0) is 14.3 Å². The Morgan fingerprint density at radius 3 is 2.06 bits per heavy atom. The molecular formula is C25H29N3O3. The lowest BCUT2D eigenvalue weighted by Crippen LogP contribution is -2.40. The Bertz CT molecular complexity index is 986. The van der Waals surface area contributed by atoms with Gasteiger partial charge in [0, 0.05) is 31.9 Å². The van der Waals surface area contributed by atoms with Crippen LogP contribution < -0.4 is 9.80 Å². The van der Waals surface area contributed by atoms with Gasteiger partial charge >= 0.3 is 0 Å². The first kappa shape index (κ1) is 21.1. The van der Waals surface area contributed by atoms with Gasteiger partial charge in [0.25, 0.3) is 11.8 Å². The summed E-state index contributed by atoms with van der Waals surface area (Å²) in [6.45, 7) is 10.3. The summed E-state index contributed by atoms with van der Waals surface area (Å²) < 4.78 is 5.47. The molecule has 2 heterocycles. The average Bonchev–Trinajstić information content (AvgIpc) is 3.06. The summed E-state index contributed by atoms with van der Waals surface area (Å²) in [6.07, 6.45) is 0. The van der Waals surface area contributed by atoms with E-state index in [2.05, 4.69) is 18.7 Å². The topological polar surface area (TPSA) is 53.1 Å². The maximum atomic E-state index is 13.6. The maximum Gasteiger partial charge on any atom is 0.282 e. The Hall–Kier alpha value is -3.12. The molecule has 2 aromatic carbocycles. The molecule has 0 aliphatic carbocycles. The molecule has 2 aliphatic rings. The molecule has 2 aliphatic heterocycles. The number of carbonyl (C=O) groups is 2. The number of hydrogen-bond acceptors (Lipinski definition) is 5. The highest BCUT2D eigenvalue weighted by molar-refractivity contribution is 6.45. The van der Waals surface area contributed by atoms with Crippen molar-refractivity contribution in [3.05, 3.63) is 65.4 Å². The van der Waals surface area contributed by atoms with Crippen LogP contribution in [0.5, 0.6) is 0 Å². The molecule has 6 heteroatoms. The molecule has 6 nitrogen and oxygen atoms in total. The minimum absolute atomic E-state index is 0.266. The highest BCUT2D eigenvalue weighted by Crippen LogP contribution is 2.35. The minimum Gasteiger partial charge on any atom is -0.378 e. The molecule has 0 N–H and O–H groups in total. The van der Waals surface area contributed by atoms with Crippen LogP contribution >= 0.6 is 0 Å². The molecule has 0 unspecified atom stereocenters. The van der Waals surface area contributed by atoms with Crippen LogP contribution in [0.25, 0.3) is 5.57 Å². The van der Waals surface area contributed by atoms with E-state index in [0.717, 1.165) is 29.9 Å². The van der Waals surface area contributed by atoms with Crippen LogP contribution in [0, 0.1) is 6.92 Å². The summed E-state index contributed by atoms with van der Waals surface area (Å²) in [5, 5.41) is 0. The lowest BCUT2D eigenvalue weighted by molar-refractivity contribution is -0.121. The lowest BCUT2D eigenvalue weighted by atomic mass is 10.0. The number of amides is 2. The smallest absolute Gasteiger partial charge is 0.282 e. The van der Waals surface area contributed by atoms with Crippen LogP contribution in [0.1, 0.15) is 25.0 Å². The maximum absolute atomic E-state index is 13.6. The van der Waals surface area contributed by atoms with Gasteiger partial charge in [-0.3, -0.25) is 9.59 Å². The van der Waals surface area contributed by atoms with Crippen molar-refractivity contribution in [3.8, 4) is 0 Å². The SMILES string of the molecule is CCN(CC)c1ccc(N2C(=O)C(c3ccc(C)cc3)=C(N3CCOCC3)C2=O)cc1. The van der Waals surface area contributed by atoms with Gasteiger partial charge in [-0.05, 0) is 50.6 Å². The van der Waals surface area contributed by atoms with E-state index < -0.39 is 0 Å². The first-order valence-electron chi connectivity index (χ1n) is 10.9. The van der Waals surface area contributed by atoms with Gasteiger partial charge in [0.1, 0.15) is 5.70 Å². The predicted molar refractivity (Wildman–Crippen MR) is 123 cm³/mol. The summed E-state index contributed by atoms with van der Waals surface area (Å²) in [4.78, 5) is 32.6. The number of imide groups is 1. The zero-order valence-electron chi connectivity index (χ0n) is 18.4. The lowest BCUT2D eigenvalue weighted by Gasteiger charge is -2.29. The van der Waals surface area contributed by atoms with Gasteiger partial charge in [0.15, 0.2) is 0 Å². The molecule has 162 valence electrons. The average molecular weight is 420 g/mol. The molecule has 2 amide bonds. The third-order valence-electron chi connectivity index (χ3n) is 5.96. The summed E-state index contributed by atoms with van der Waals surface area (Å²) in [6, 6.07) is 15.4. The van der Waals surface area contributed by atoms with E-state index in [1.807, 2.05) is 60.4 Å². The number of morpholine rings is 1. The molecule has 31 heavy (non-hydrogen) atoms. The van der Waals surface area contributed by atoms with Gasteiger partial charge in [-0.1, -0.05) is 29.8 Å². The van der Waals surface area contributed by atoms with Gasteiger partial charge in [-0.25, -0.2) is 4.90 Å². The van der Waals surface area contributed by atoms with Crippen molar-refractivity contribution in [2.45, 2.75) is 20.8 Å². The van der Waals surface area contributed by atoms with Crippen molar-refractivity contribution in [1.82, 2.24) is 4.90 Å². The number of nitrogens with zero attached hydrogens (tertiary/aromatic N) is 3. The zero-order valence-corrected chi connectivity index (χ0v) is 18.4. The van der Waals surface area contributed by atoms with E-state index in [4.69, 9.17) is 4.74 Å². The monoisotopic (exact) mass is 419 g/mol. The third kappa shape index (κ3) is 3.95. The zero-order chi connectivity index (χ0) is 22.0. The molecule has 4 rings (SSSR count). The Morgan fingerprint density at radius 2 is 1.48 bits per heavy atom. The van der Waals surface area contributed by atoms with Crippen LogP contribution in [0.3, 0.4) is 0 Å². The normalized spacial score (nSPS) is 17.0. The van der Waals surface area contributed by atoms with Crippen molar-refractivity contribution in [2.75, 3.05) is 49.2 Å². The predicted octanol–water partition coefficient (Wildman–Crippen LogP) is 3.46. The third-order valence-corrected chi connectivity index (χ3v) is 5.96. The Morgan fingerprint density at radius 1 is 0.871 bits per heavy atom. The fourth-order valence-corrected chi connectivity index (χ4v) is 4.21. The number of anilines is 2. The van der Waals surface area contributed by atoms with Gasteiger partial charge in [-0.2, -0.15) is 0 Å². The molecule has 0 spiro atoms. The van der Waals surface area contributed by atoms with Crippen LogP contribution in [0.15, 0.2) is 54.2 Å². The van der Waals surface area contributed by atoms with Crippen molar-refractivity contribution in [3.63, 3.8) is 0 Å².